The Bertz CT molecular complexity index is 1120. The SMILES string of the molecule is Cc1cc(N2CCN(CC(=O)Nc3cc(C)nn3-c3ccc(F)cc3)CC2)nc(C(C)C)n1. The molecule has 2 aromatic heterocycles. The van der Waals surface area contributed by atoms with Crippen LogP contribution in [0, 0.1) is 19.7 Å². The van der Waals surface area contributed by atoms with Crippen LogP contribution in [0.5, 0.6) is 0 Å². The van der Waals surface area contributed by atoms with E-state index in [1.807, 2.05) is 26.0 Å². The van der Waals surface area contributed by atoms with E-state index in [9.17, 15) is 9.18 Å². The lowest BCUT2D eigenvalue weighted by atomic mass is 10.2. The molecule has 0 saturated carbocycles. The highest BCUT2D eigenvalue weighted by Gasteiger charge is 2.22. The van der Waals surface area contributed by atoms with Crippen LogP contribution >= 0.6 is 0 Å². The van der Waals surface area contributed by atoms with Gasteiger partial charge in [0.2, 0.25) is 5.91 Å². The van der Waals surface area contributed by atoms with Gasteiger partial charge in [-0.3, -0.25) is 9.69 Å². The zero-order valence-electron chi connectivity index (χ0n) is 19.5. The van der Waals surface area contributed by atoms with Gasteiger partial charge < -0.3 is 10.2 Å². The topological polar surface area (TPSA) is 79.2 Å². The summed E-state index contributed by atoms with van der Waals surface area (Å²) in [6.07, 6.45) is 0. The van der Waals surface area contributed by atoms with Gasteiger partial charge >= 0.3 is 0 Å². The average Bonchev–Trinajstić information content (AvgIpc) is 3.14. The number of hydrogen-bond acceptors (Lipinski definition) is 6. The fourth-order valence-corrected chi connectivity index (χ4v) is 3.88. The largest absolute Gasteiger partial charge is 0.354 e. The third kappa shape index (κ3) is 5.54. The fraction of sp³-hybridized carbons (Fsp3) is 0.417. The number of carbonyl (C=O) groups excluding carboxylic acids is 1. The summed E-state index contributed by atoms with van der Waals surface area (Å²) in [5.74, 6) is 2.24. The van der Waals surface area contributed by atoms with Gasteiger partial charge in [-0.05, 0) is 38.1 Å². The molecule has 1 fully saturated rings. The van der Waals surface area contributed by atoms with Crippen LogP contribution in [0.25, 0.3) is 5.69 Å². The molecule has 33 heavy (non-hydrogen) atoms. The van der Waals surface area contributed by atoms with Gasteiger partial charge in [0, 0.05) is 49.9 Å². The molecule has 9 heteroatoms. The first-order chi connectivity index (χ1) is 15.8. The molecule has 0 atom stereocenters. The Balaban J connectivity index is 1.36. The molecule has 1 aromatic carbocycles. The quantitative estimate of drug-likeness (QED) is 0.620. The second-order valence-corrected chi connectivity index (χ2v) is 8.75. The summed E-state index contributed by atoms with van der Waals surface area (Å²) in [5.41, 5.74) is 2.43. The molecular formula is C24H30FN7O. The number of aromatic nitrogens is 4. The number of amides is 1. The van der Waals surface area contributed by atoms with Gasteiger partial charge in [0.25, 0.3) is 0 Å². The Morgan fingerprint density at radius 3 is 2.39 bits per heavy atom. The minimum absolute atomic E-state index is 0.105. The van der Waals surface area contributed by atoms with E-state index < -0.39 is 0 Å². The highest BCUT2D eigenvalue weighted by molar-refractivity contribution is 5.91. The first kappa shape index (κ1) is 22.8. The van der Waals surface area contributed by atoms with E-state index in [2.05, 4.69) is 39.0 Å². The van der Waals surface area contributed by atoms with Crippen LogP contribution in [0.2, 0.25) is 0 Å². The maximum Gasteiger partial charge on any atom is 0.239 e. The number of carbonyl (C=O) groups is 1. The number of piperazine rings is 1. The Morgan fingerprint density at radius 2 is 1.73 bits per heavy atom. The van der Waals surface area contributed by atoms with Crippen LogP contribution in [-0.2, 0) is 4.79 Å². The molecule has 1 aliphatic rings. The van der Waals surface area contributed by atoms with E-state index in [0.717, 1.165) is 49.2 Å². The molecule has 1 amide bonds. The van der Waals surface area contributed by atoms with Crippen LogP contribution in [-0.4, -0.2) is 63.3 Å². The van der Waals surface area contributed by atoms with E-state index in [1.54, 1.807) is 16.8 Å². The summed E-state index contributed by atoms with van der Waals surface area (Å²) in [4.78, 5) is 26.4. The number of nitrogens with zero attached hydrogens (tertiary/aromatic N) is 6. The van der Waals surface area contributed by atoms with Crippen LogP contribution < -0.4 is 10.2 Å². The van der Waals surface area contributed by atoms with Gasteiger partial charge in [-0.2, -0.15) is 5.10 Å². The maximum atomic E-state index is 13.3. The summed E-state index contributed by atoms with van der Waals surface area (Å²) in [6.45, 7) is 11.5. The third-order valence-corrected chi connectivity index (χ3v) is 5.61. The first-order valence-electron chi connectivity index (χ1n) is 11.2. The normalized spacial score (nSPS) is 14.7. The van der Waals surface area contributed by atoms with E-state index in [-0.39, 0.29) is 17.6 Å². The zero-order valence-corrected chi connectivity index (χ0v) is 19.5. The Kier molecular flexibility index (Phi) is 6.69. The van der Waals surface area contributed by atoms with Gasteiger partial charge in [-0.15, -0.1) is 0 Å². The van der Waals surface area contributed by atoms with Crippen LogP contribution in [0.15, 0.2) is 36.4 Å². The van der Waals surface area contributed by atoms with Crippen LogP contribution in [0.4, 0.5) is 16.0 Å². The van der Waals surface area contributed by atoms with Crippen molar-refractivity contribution in [3.05, 3.63) is 59.4 Å². The predicted molar refractivity (Wildman–Crippen MR) is 126 cm³/mol. The zero-order chi connectivity index (χ0) is 23.5. The molecule has 1 N–H and O–H groups in total. The first-order valence-corrected chi connectivity index (χ1v) is 11.2. The number of rotatable bonds is 6. The highest BCUT2D eigenvalue weighted by Crippen LogP contribution is 2.20. The second-order valence-electron chi connectivity index (χ2n) is 8.75. The highest BCUT2D eigenvalue weighted by atomic mass is 19.1. The molecule has 174 valence electrons. The number of halogens is 1. The smallest absolute Gasteiger partial charge is 0.239 e. The van der Waals surface area contributed by atoms with Crippen molar-refractivity contribution in [2.45, 2.75) is 33.6 Å². The fourth-order valence-electron chi connectivity index (χ4n) is 3.88. The molecule has 8 nitrogen and oxygen atoms in total. The van der Waals surface area contributed by atoms with Crippen molar-refractivity contribution in [2.24, 2.45) is 0 Å². The van der Waals surface area contributed by atoms with Crippen molar-refractivity contribution >= 4 is 17.5 Å². The number of aryl methyl sites for hydroxylation is 2. The van der Waals surface area contributed by atoms with Gasteiger partial charge in [0.1, 0.15) is 23.3 Å². The number of anilines is 2. The summed E-state index contributed by atoms with van der Waals surface area (Å²) in [7, 11) is 0. The molecule has 4 rings (SSSR count). The maximum absolute atomic E-state index is 13.3. The third-order valence-electron chi connectivity index (χ3n) is 5.61. The Hall–Kier alpha value is -3.33. The molecule has 1 aliphatic heterocycles. The molecule has 1 saturated heterocycles. The minimum Gasteiger partial charge on any atom is -0.354 e. The Labute approximate surface area is 193 Å². The lowest BCUT2D eigenvalue weighted by Gasteiger charge is -2.35. The predicted octanol–water partition coefficient (Wildman–Crippen LogP) is 3.30. The molecule has 0 spiro atoms. The van der Waals surface area contributed by atoms with E-state index in [4.69, 9.17) is 4.98 Å². The molecular weight excluding hydrogens is 421 g/mol. The van der Waals surface area contributed by atoms with Crippen molar-refractivity contribution in [3.8, 4) is 5.69 Å². The molecule has 3 aromatic rings. The minimum atomic E-state index is -0.315. The monoisotopic (exact) mass is 451 g/mol. The van der Waals surface area contributed by atoms with Crippen molar-refractivity contribution in [1.29, 1.82) is 0 Å². The van der Waals surface area contributed by atoms with Crippen molar-refractivity contribution in [3.63, 3.8) is 0 Å². The van der Waals surface area contributed by atoms with Gasteiger partial charge in [0.05, 0.1) is 17.9 Å². The number of hydrogen-bond donors (Lipinski definition) is 1. The average molecular weight is 452 g/mol. The van der Waals surface area contributed by atoms with Gasteiger partial charge in [0.15, 0.2) is 0 Å². The van der Waals surface area contributed by atoms with E-state index in [1.165, 1.54) is 12.1 Å². The molecule has 0 radical (unpaired) electrons. The van der Waals surface area contributed by atoms with Crippen molar-refractivity contribution < 1.29 is 9.18 Å². The number of nitrogens with one attached hydrogen (secondary N) is 1. The molecule has 0 unspecified atom stereocenters. The van der Waals surface area contributed by atoms with Crippen molar-refractivity contribution in [2.75, 3.05) is 42.9 Å². The summed E-state index contributed by atoms with van der Waals surface area (Å²) in [5, 5.41) is 7.38. The standard InChI is InChI=1S/C24H30FN7O/c1-16(2)24-26-17(3)13-21(28-24)31-11-9-30(10-12-31)15-23(33)27-22-14-18(4)29-32(22)20-7-5-19(25)6-8-20/h5-8,13-14,16H,9-12,15H2,1-4H3,(H,27,33). The van der Waals surface area contributed by atoms with Crippen LogP contribution in [0.3, 0.4) is 0 Å². The molecule has 0 aliphatic carbocycles. The van der Waals surface area contributed by atoms with Gasteiger partial charge in [-0.1, -0.05) is 13.8 Å². The lowest BCUT2D eigenvalue weighted by molar-refractivity contribution is -0.117. The number of benzene rings is 1. The lowest BCUT2D eigenvalue weighted by Crippen LogP contribution is -2.49. The van der Waals surface area contributed by atoms with Crippen molar-refractivity contribution in [1.82, 2.24) is 24.6 Å². The molecule has 0 bridgehead atoms. The van der Waals surface area contributed by atoms with Gasteiger partial charge in [-0.25, -0.2) is 19.0 Å². The van der Waals surface area contributed by atoms with E-state index >= 15 is 0 Å². The van der Waals surface area contributed by atoms with Crippen LogP contribution in [0.1, 0.15) is 37.0 Å². The summed E-state index contributed by atoms with van der Waals surface area (Å²) in [6, 6.07) is 9.85. The molecule has 3 heterocycles. The summed E-state index contributed by atoms with van der Waals surface area (Å²) >= 11 is 0. The summed E-state index contributed by atoms with van der Waals surface area (Å²) < 4.78 is 14.9. The van der Waals surface area contributed by atoms with E-state index in [0.29, 0.717) is 18.1 Å². The Morgan fingerprint density at radius 1 is 1.03 bits per heavy atom. The second kappa shape index (κ2) is 9.66.